The molecule has 1 aromatic heterocycles. The van der Waals surface area contributed by atoms with Gasteiger partial charge in [0.1, 0.15) is 0 Å². The minimum absolute atomic E-state index is 0.271. The lowest BCUT2D eigenvalue weighted by Gasteiger charge is -1.86. The second-order valence-electron chi connectivity index (χ2n) is 1.58. The van der Waals surface area contributed by atoms with Gasteiger partial charge >= 0.3 is 0 Å². The summed E-state index contributed by atoms with van der Waals surface area (Å²) in [5.74, 6) is 0.386. The summed E-state index contributed by atoms with van der Waals surface area (Å²) in [6, 6.07) is 0. The largest absolute Gasteiger partial charge is 0.361 e. The zero-order chi connectivity index (χ0) is 6.85. The number of hydrogen-bond donors (Lipinski definition) is 0. The highest BCUT2D eigenvalue weighted by Crippen LogP contribution is 2.20. The van der Waals surface area contributed by atoms with Crippen LogP contribution in [0.25, 0.3) is 4.85 Å². The average molecular weight is 142 g/mol. The lowest BCUT2D eigenvalue weighted by atomic mass is 10.7. The Hall–Kier alpha value is -1.01. The molecule has 0 bridgehead atoms. The van der Waals surface area contributed by atoms with Crippen molar-refractivity contribution in [3.8, 4) is 0 Å². The molecule has 3 nitrogen and oxygen atoms in total. The summed E-state index contributed by atoms with van der Waals surface area (Å²) < 4.78 is 1.58. The van der Waals surface area contributed by atoms with Crippen LogP contribution in [0.1, 0.15) is 0 Å². The summed E-state index contributed by atoms with van der Waals surface area (Å²) in [6.45, 7) is 6.62. The molecule has 0 aliphatic heterocycles. The lowest BCUT2D eigenvalue weighted by molar-refractivity contribution is 0.930. The molecule has 0 unspecified atom stereocenters. The van der Waals surface area contributed by atoms with Crippen molar-refractivity contribution in [2.45, 2.75) is 0 Å². The van der Waals surface area contributed by atoms with Crippen LogP contribution in [-0.4, -0.2) is 9.55 Å². The topological polar surface area (TPSA) is 22.2 Å². The normalized spacial score (nSPS) is 9.00. The Morgan fingerprint density at radius 2 is 2.56 bits per heavy atom. The van der Waals surface area contributed by atoms with Crippen LogP contribution in [-0.2, 0) is 7.05 Å². The molecule has 0 saturated heterocycles. The molecule has 0 atom stereocenters. The Bertz CT molecular complexity index is 238. The molecule has 1 aromatic rings. The van der Waals surface area contributed by atoms with E-state index in [9.17, 15) is 0 Å². The minimum atomic E-state index is 0.271. The van der Waals surface area contributed by atoms with Crippen LogP contribution in [0.4, 0.5) is 5.82 Å². The quantitative estimate of drug-likeness (QED) is 0.504. The number of imidazole rings is 1. The Balaban J connectivity index is 3.27. The molecule has 1 heterocycles. The predicted octanol–water partition coefficient (Wildman–Crippen LogP) is 1.62. The van der Waals surface area contributed by atoms with Gasteiger partial charge in [-0.1, -0.05) is 18.2 Å². The van der Waals surface area contributed by atoms with E-state index in [0.29, 0.717) is 5.82 Å². The maximum atomic E-state index is 6.62. The van der Waals surface area contributed by atoms with Gasteiger partial charge in [-0.05, 0) is 0 Å². The van der Waals surface area contributed by atoms with Crippen molar-refractivity contribution in [1.29, 1.82) is 0 Å². The molecule has 0 aliphatic rings. The molecular formula is C5H4ClN3. The fourth-order valence-electron chi connectivity index (χ4n) is 0.520. The van der Waals surface area contributed by atoms with Crippen LogP contribution in [0.15, 0.2) is 6.33 Å². The van der Waals surface area contributed by atoms with E-state index in [2.05, 4.69) is 9.83 Å². The third kappa shape index (κ3) is 0.889. The highest BCUT2D eigenvalue weighted by Gasteiger charge is 2.03. The molecule has 0 spiro atoms. The third-order valence-corrected chi connectivity index (χ3v) is 1.24. The Labute approximate surface area is 57.7 Å². The molecule has 4 heteroatoms. The first-order valence-corrected chi connectivity index (χ1v) is 2.67. The fourth-order valence-corrected chi connectivity index (χ4v) is 0.739. The Morgan fingerprint density at radius 1 is 1.89 bits per heavy atom. The van der Waals surface area contributed by atoms with E-state index < -0.39 is 0 Å². The molecule has 0 saturated carbocycles. The summed E-state index contributed by atoms with van der Waals surface area (Å²) in [5.41, 5.74) is 0. The first-order valence-electron chi connectivity index (χ1n) is 2.30. The van der Waals surface area contributed by atoms with E-state index in [1.165, 1.54) is 6.33 Å². The fraction of sp³-hybridized carbons (Fsp3) is 0.200. The van der Waals surface area contributed by atoms with E-state index in [-0.39, 0.29) is 5.15 Å². The monoisotopic (exact) mass is 141 g/mol. The summed E-state index contributed by atoms with van der Waals surface area (Å²) in [4.78, 5) is 6.85. The van der Waals surface area contributed by atoms with E-state index in [0.717, 1.165) is 0 Å². The lowest BCUT2D eigenvalue weighted by Crippen LogP contribution is -1.79. The maximum Gasteiger partial charge on any atom is 0.268 e. The van der Waals surface area contributed by atoms with Gasteiger partial charge in [-0.3, -0.25) is 4.57 Å². The molecule has 0 fully saturated rings. The molecule has 0 radical (unpaired) electrons. The SMILES string of the molecule is [C-]#[N+]c1c(Cl)ncn1C. The van der Waals surface area contributed by atoms with Gasteiger partial charge < -0.3 is 4.85 Å². The van der Waals surface area contributed by atoms with Crippen LogP contribution in [0, 0.1) is 6.57 Å². The number of halogens is 1. The van der Waals surface area contributed by atoms with Crippen molar-refractivity contribution in [3.63, 3.8) is 0 Å². The van der Waals surface area contributed by atoms with E-state index >= 15 is 0 Å². The van der Waals surface area contributed by atoms with Crippen LogP contribution in [0.5, 0.6) is 0 Å². The molecule has 0 N–H and O–H groups in total. The zero-order valence-corrected chi connectivity index (χ0v) is 5.55. The first kappa shape index (κ1) is 6.12. The van der Waals surface area contributed by atoms with Gasteiger partial charge in [0.05, 0.1) is 7.05 Å². The first-order chi connectivity index (χ1) is 4.25. The minimum Gasteiger partial charge on any atom is -0.361 e. The van der Waals surface area contributed by atoms with Gasteiger partial charge in [0.15, 0.2) is 11.5 Å². The van der Waals surface area contributed by atoms with Crippen LogP contribution in [0.3, 0.4) is 0 Å². The van der Waals surface area contributed by atoms with Crippen LogP contribution >= 0.6 is 11.6 Å². The van der Waals surface area contributed by atoms with Crippen molar-refractivity contribution >= 4 is 17.4 Å². The van der Waals surface area contributed by atoms with Crippen molar-refractivity contribution in [1.82, 2.24) is 9.55 Å². The van der Waals surface area contributed by atoms with Gasteiger partial charge in [-0.25, -0.2) is 4.98 Å². The van der Waals surface area contributed by atoms with Gasteiger partial charge in [0.25, 0.3) is 5.82 Å². The summed E-state index contributed by atoms with van der Waals surface area (Å²) in [7, 11) is 1.73. The highest BCUT2D eigenvalue weighted by atomic mass is 35.5. The molecule has 0 aliphatic carbocycles. The van der Waals surface area contributed by atoms with Crippen molar-refractivity contribution in [2.24, 2.45) is 7.05 Å². The van der Waals surface area contributed by atoms with Crippen LogP contribution < -0.4 is 0 Å². The summed E-state index contributed by atoms with van der Waals surface area (Å²) >= 11 is 5.50. The second-order valence-corrected chi connectivity index (χ2v) is 1.94. The molecule has 1 rings (SSSR count). The highest BCUT2D eigenvalue weighted by molar-refractivity contribution is 6.31. The molecule has 0 aromatic carbocycles. The molecule has 9 heavy (non-hydrogen) atoms. The van der Waals surface area contributed by atoms with Gasteiger partial charge in [0.2, 0.25) is 0 Å². The Kier molecular flexibility index (Phi) is 1.41. The standard InChI is InChI=1S/C5H4ClN3/c1-7-5-4(6)8-3-9(5)2/h3H,2H3. The second kappa shape index (κ2) is 2.08. The third-order valence-electron chi connectivity index (χ3n) is 0.969. The predicted molar refractivity (Wildman–Crippen MR) is 34.5 cm³/mol. The maximum absolute atomic E-state index is 6.62. The van der Waals surface area contributed by atoms with E-state index in [1.54, 1.807) is 11.6 Å². The van der Waals surface area contributed by atoms with E-state index in [1.807, 2.05) is 0 Å². The zero-order valence-electron chi connectivity index (χ0n) is 4.80. The van der Waals surface area contributed by atoms with E-state index in [4.69, 9.17) is 18.2 Å². The van der Waals surface area contributed by atoms with Crippen molar-refractivity contribution in [3.05, 3.63) is 22.9 Å². The van der Waals surface area contributed by atoms with Gasteiger partial charge in [-0.2, -0.15) is 0 Å². The number of nitrogens with zero attached hydrogens (tertiary/aromatic N) is 3. The molecule has 0 amide bonds. The van der Waals surface area contributed by atoms with Gasteiger partial charge in [0, 0.05) is 0 Å². The number of aromatic nitrogens is 2. The Morgan fingerprint density at radius 3 is 2.78 bits per heavy atom. The summed E-state index contributed by atoms with van der Waals surface area (Å²) in [5, 5.41) is 0.271. The van der Waals surface area contributed by atoms with Gasteiger partial charge in [-0.15, -0.1) is 0 Å². The number of hydrogen-bond acceptors (Lipinski definition) is 1. The number of rotatable bonds is 0. The summed E-state index contributed by atoms with van der Waals surface area (Å²) in [6.07, 6.45) is 1.51. The average Bonchev–Trinajstić information content (AvgIpc) is 2.12. The van der Waals surface area contributed by atoms with Crippen molar-refractivity contribution in [2.75, 3.05) is 0 Å². The molecule has 46 valence electrons. The van der Waals surface area contributed by atoms with Crippen molar-refractivity contribution < 1.29 is 0 Å². The smallest absolute Gasteiger partial charge is 0.268 e. The van der Waals surface area contributed by atoms with Crippen LogP contribution in [0.2, 0.25) is 5.15 Å². The molecular weight excluding hydrogens is 138 g/mol. The number of aryl methyl sites for hydroxylation is 1.